The minimum atomic E-state index is 0.450. The Kier molecular flexibility index (Phi) is 3.52. The van der Waals surface area contributed by atoms with Gasteiger partial charge in [-0.3, -0.25) is 4.98 Å². The van der Waals surface area contributed by atoms with Crippen molar-refractivity contribution in [3.63, 3.8) is 0 Å². The van der Waals surface area contributed by atoms with Crippen LogP contribution in [0.1, 0.15) is 31.2 Å². The van der Waals surface area contributed by atoms with Gasteiger partial charge in [0.25, 0.3) is 0 Å². The molecule has 2 aromatic heterocycles. The second-order valence-electron chi connectivity index (χ2n) is 5.39. The molecular weight excluding hydrogens is 260 g/mol. The van der Waals surface area contributed by atoms with E-state index in [-0.39, 0.29) is 0 Å². The fourth-order valence-electron chi connectivity index (χ4n) is 2.33. The molecule has 0 spiro atoms. The summed E-state index contributed by atoms with van der Waals surface area (Å²) in [5.74, 6) is 0.450. The van der Waals surface area contributed by atoms with Crippen molar-refractivity contribution in [1.29, 1.82) is 0 Å². The van der Waals surface area contributed by atoms with Crippen LogP contribution in [0, 0.1) is 6.92 Å². The minimum Gasteiger partial charge on any atom is -0.257 e. The first kappa shape index (κ1) is 13.5. The Labute approximate surface area is 124 Å². The average molecular weight is 278 g/mol. The third-order valence-electron chi connectivity index (χ3n) is 3.53. The summed E-state index contributed by atoms with van der Waals surface area (Å²) in [5, 5.41) is 8.26. The van der Waals surface area contributed by atoms with E-state index < -0.39 is 0 Å². The molecule has 0 bridgehead atoms. The highest BCUT2D eigenvalue weighted by molar-refractivity contribution is 5.66. The van der Waals surface area contributed by atoms with E-state index in [2.05, 4.69) is 55.2 Å². The van der Waals surface area contributed by atoms with E-state index in [9.17, 15) is 0 Å². The molecule has 0 aliphatic heterocycles. The molecule has 0 radical (unpaired) electrons. The van der Waals surface area contributed by atoms with Crippen LogP contribution in [0.15, 0.2) is 48.8 Å². The number of nitrogens with zero attached hydrogens (tertiary/aromatic N) is 4. The Balaban J connectivity index is 1.94. The minimum absolute atomic E-state index is 0.450. The molecule has 0 aliphatic rings. The number of pyridine rings is 1. The van der Waals surface area contributed by atoms with Crippen LogP contribution < -0.4 is 0 Å². The largest absolute Gasteiger partial charge is 0.257 e. The van der Waals surface area contributed by atoms with E-state index in [1.54, 1.807) is 17.2 Å². The summed E-state index contributed by atoms with van der Waals surface area (Å²) in [6.45, 7) is 6.38. The second kappa shape index (κ2) is 5.48. The molecule has 0 unspecified atom stereocenters. The number of hydrogen-bond acceptors (Lipinski definition) is 3. The standard InChI is InChI=1S/C17H18N4/c1-12(2)17-9-8-16(13(3)20-17)14-4-6-15(7-5-14)21-18-10-11-19-21/h4-12H,1-3H3. The van der Waals surface area contributed by atoms with Gasteiger partial charge in [-0.1, -0.05) is 32.0 Å². The average Bonchev–Trinajstić information content (AvgIpc) is 3.01. The third kappa shape index (κ3) is 2.70. The van der Waals surface area contributed by atoms with E-state index in [1.807, 2.05) is 12.1 Å². The van der Waals surface area contributed by atoms with Gasteiger partial charge in [-0.25, -0.2) is 0 Å². The van der Waals surface area contributed by atoms with Crippen LogP contribution in [-0.4, -0.2) is 20.0 Å². The normalized spacial score (nSPS) is 11.0. The smallest absolute Gasteiger partial charge is 0.0857 e. The first-order valence-electron chi connectivity index (χ1n) is 7.10. The van der Waals surface area contributed by atoms with Crippen LogP contribution in [0.2, 0.25) is 0 Å². The van der Waals surface area contributed by atoms with Gasteiger partial charge in [0.1, 0.15) is 0 Å². The molecule has 21 heavy (non-hydrogen) atoms. The van der Waals surface area contributed by atoms with E-state index in [1.165, 1.54) is 5.56 Å². The van der Waals surface area contributed by atoms with Crippen molar-refractivity contribution in [2.75, 3.05) is 0 Å². The molecule has 0 saturated heterocycles. The van der Waals surface area contributed by atoms with E-state index in [0.29, 0.717) is 5.92 Å². The molecule has 4 nitrogen and oxygen atoms in total. The Bertz CT molecular complexity index is 728. The predicted molar refractivity (Wildman–Crippen MR) is 83.4 cm³/mol. The number of rotatable bonds is 3. The van der Waals surface area contributed by atoms with Gasteiger partial charge >= 0.3 is 0 Å². The van der Waals surface area contributed by atoms with E-state index in [0.717, 1.165) is 22.6 Å². The van der Waals surface area contributed by atoms with Gasteiger partial charge in [0, 0.05) is 17.0 Å². The predicted octanol–water partition coefficient (Wildman–Crippen LogP) is 3.76. The van der Waals surface area contributed by atoms with Crippen LogP contribution in [-0.2, 0) is 0 Å². The molecule has 0 amide bonds. The third-order valence-corrected chi connectivity index (χ3v) is 3.53. The molecule has 0 N–H and O–H groups in total. The van der Waals surface area contributed by atoms with Gasteiger partial charge in [-0.05, 0) is 36.6 Å². The molecule has 3 rings (SSSR count). The number of benzene rings is 1. The van der Waals surface area contributed by atoms with Crippen molar-refractivity contribution in [1.82, 2.24) is 20.0 Å². The second-order valence-corrected chi connectivity index (χ2v) is 5.39. The molecule has 2 heterocycles. The van der Waals surface area contributed by atoms with Crippen molar-refractivity contribution in [2.45, 2.75) is 26.7 Å². The number of hydrogen-bond donors (Lipinski definition) is 0. The topological polar surface area (TPSA) is 43.6 Å². The van der Waals surface area contributed by atoms with Gasteiger partial charge in [0.2, 0.25) is 0 Å². The molecule has 4 heteroatoms. The van der Waals surface area contributed by atoms with Crippen LogP contribution in [0.25, 0.3) is 16.8 Å². The van der Waals surface area contributed by atoms with Crippen LogP contribution in [0.4, 0.5) is 0 Å². The van der Waals surface area contributed by atoms with Crippen molar-refractivity contribution in [2.24, 2.45) is 0 Å². The monoisotopic (exact) mass is 278 g/mol. The quantitative estimate of drug-likeness (QED) is 0.732. The zero-order chi connectivity index (χ0) is 14.8. The van der Waals surface area contributed by atoms with Crippen LogP contribution in [0.3, 0.4) is 0 Å². The molecule has 3 aromatic rings. The number of aryl methyl sites for hydroxylation is 1. The van der Waals surface area contributed by atoms with Crippen LogP contribution >= 0.6 is 0 Å². The van der Waals surface area contributed by atoms with Crippen molar-refractivity contribution in [3.05, 3.63) is 60.2 Å². The summed E-state index contributed by atoms with van der Waals surface area (Å²) in [6, 6.07) is 12.5. The van der Waals surface area contributed by atoms with Crippen molar-refractivity contribution in [3.8, 4) is 16.8 Å². The van der Waals surface area contributed by atoms with Gasteiger partial charge in [0.05, 0.1) is 18.1 Å². The number of aromatic nitrogens is 4. The molecule has 1 aromatic carbocycles. The summed E-state index contributed by atoms with van der Waals surface area (Å²) in [5.41, 5.74) is 5.47. The van der Waals surface area contributed by atoms with Crippen LogP contribution in [0.5, 0.6) is 0 Å². The molecule has 0 aliphatic carbocycles. The summed E-state index contributed by atoms with van der Waals surface area (Å²) >= 11 is 0. The lowest BCUT2D eigenvalue weighted by molar-refractivity contribution is 0.752. The molecule has 0 fully saturated rings. The Hall–Kier alpha value is -2.49. The molecule has 0 atom stereocenters. The SMILES string of the molecule is Cc1nc(C(C)C)ccc1-c1ccc(-n2nccn2)cc1. The molecular formula is C17H18N4. The summed E-state index contributed by atoms with van der Waals surface area (Å²) in [7, 11) is 0. The maximum absolute atomic E-state index is 4.69. The zero-order valence-corrected chi connectivity index (χ0v) is 12.5. The maximum Gasteiger partial charge on any atom is 0.0857 e. The lowest BCUT2D eigenvalue weighted by atomic mass is 10.0. The van der Waals surface area contributed by atoms with Gasteiger partial charge < -0.3 is 0 Å². The Morgan fingerprint density at radius 1 is 0.905 bits per heavy atom. The van der Waals surface area contributed by atoms with Crippen molar-refractivity contribution < 1.29 is 0 Å². The first-order valence-corrected chi connectivity index (χ1v) is 7.10. The fraction of sp³-hybridized carbons (Fsp3) is 0.235. The zero-order valence-electron chi connectivity index (χ0n) is 12.5. The maximum atomic E-state index is 4.69. The van der Waals surface area contributed by atoms with E-state index >= 15 is 0 Å². The first-order chi connectivity index (χ1) is 10.1. The lowest BCUT2D eigenvalue weighted by Crippen LogP contribution is -1.99. The summed E-state index contributed by atoms with van der Waals surface area (Å²) in [6.07, 6.45) is 3.35. The molecule has 106 valence electrons. The van der Waals surface area contributed by atoms with Gasteiger partial charge in [0.15, 0.2) is 0 Å². The molecule has 0 saturated carbocycles. The summed E-state index contributed by atoms with van der Waals surface area (Å²) < 4.78 is 0. The summed E-state index contributed by atoms with van der Waals surface area (Å²) in [4.78, 5) is 6.30. The van der Waals surface area contributed by atoms with Gasteiger partial charge in [-0.2, -0.15) is 15.0 Å². The van der Waals surface area contributed by atoms with Crippen molar-refractivity contribution >= 4 is 0 Å². The highest BCUT2D eigenvalue weighted by atomic mass is 15.5. The fourth-order valence-corrected chi connectivity index (χ4v) is 2.33. The highest BCUT2D eigenvalue weighted by Gasteiger charge is 2.07. The highest BCUT2D eigenvalue weighted by Crippen LogP contribution is 2.25. The Morgan fingerprint density at radius 3 is 2.14 bits per heavy atom. The Morgan fingerprint density at radius 2 is 1.57 bits per heavy atom. The van der Waals surface area contributed by atoms with E-state index in [4.69, 9.17) is 4.98 Å². The van der Waals surface area contributed by atoms with Gasteiger partial charge in [-0.15, -0.1) is 0 Å². The lowest BCUT2D eigenvalue weighted by Gasteiger charge is -2.10.